The number of carbonyl (C=O) groups is 1. The number of hydrogen-bond donors (Lipinski definition) is 2. The molecular formula is C15H22N2OS. The van der Waals surface area contributed by atoms with Crippen LogP contribution in [0, 0.1) is 5.92 Å². The van der Waals surface area contributed by atoms with Crippen molar-refractivity contribution in [1.29, 1.82) is 0 Å². The van der Waals surface area contributed by atoms with Crippen LogP contribution in [0.4, 0.5) is 0 Å². The van der Waals surface area contributed by atoms with Crippen LogP contribution in [0.15, 0.2) is 30.3 Å². The van der Waals surface area contributed by atoms with E-state index in [4.69, 9.17) is 18.0 Å². The SMILES string of the molecule is CCC(CC)CNC(=O)C(C(N)=S)c1ccccc1. The highest BCUT2D eigenvalue weighted by molar-refractivity contribution is 7.80. The Labute approximate surface area is 120 Å². The second-order valence-corrected chi connectivity index (χ2v) is 5.15. The summed E-state index contributed by atoms with van der Waals surface area (Å²) in [7, 11) is 0. The zero-order valence-corrected chi connectivity index (χ0v) is 12.4. The van der Waals surface area contributed by atoms with Gasteiger partial charge in [-0.1, -0.05) is 69.2 Å². The molecule has 0 saturated carbocycles. The largest absolute Gasteiger partial charge is 0.392 e. The van der Waals surface area contributed by atoms with E-state index in [0.29, 0.717) is 12.5 Å². The van der Waals surface area contributed by atoms with Gasteiger partial charge in [0.05, 0.1) is 4.99 Å². The van der Waals surface area contributed by atoms with Gasteiger partial charge in [0.1, 0.15) is 5.92 Å². The molecule has 0 aliphatic carbocycles. The molecule has 1 amide bonds. The lowest BCUT2D eigenvalue weighted by atomic mass is 9.97. The lowest BCUT2D eigenvalue weighted by molar-refractivity contribution is -0.121. The third-order valence-corrected chi connectivity index (χ3v) is 3.63. The van der Waals surface area contributed by atoms with E-state index >= 15 is 0 Å². The van der Waals surface area contributed by atoms with E-state index in [2.05, 4.69) is 19.2 Å². The van der Waals surface area contributed by atoms with E-state index in [1.165, 1.54) is 0 Å². The van der Waals surface area contributed by atoms with E-state index in [0.717, 1.165) is 18.4 Å². The Morgan fingerprint density at radius 3 is 2.32 bits per heavy atom. The van der Waals surface area contributed by atoms with Crippen LogP contribution in [-0.2, 0) is 4.79 Å². The molecule has 1 rings (SSSR count). The summed E-state index contributed by atoms with van der Waals surface area (Å²) in [6, 6.07) is 9.42. The van der Waals surface area contributed by atoms with Gasteiger partial charge in [0.25, 0.3) is 0 Å². The topological polar surface area (TPSA) is 55.1 Å². The van der Waals surface area contributed by atoms with Crippen molar-refractivity contribution in [2.75, 3.05) is 6.54 Å². The number of nitrogens with two attached hydrogens (primary N) is 1. The maximum atomic E-state index is 12.2. The van der Waals surface area contributed by atoms with Gasteiger partial charge in [-0.05, 0) is 11.5 Å². The van der Waals surface area contributed by atoms with E-state index in [9.17, 15) is 4.79 Å². The molecule has 19 heavy (non-hydrogen) atoms. The fourth-order valence-corrected chi connectivity index (χ4v) is 2.26. The minimum Gasteiger partial charge on any atom is -0.392 e. The van der Waals surface area contributed by atoms with Crippen LogP contribution >= 0.6 is 12.2 Å². The first-order valence-corrected chi connectivity index (χ1v) is 7.12. The second-order valence-electron chi connectivity index (χ2n) is 4.67. The van der Waals surface area contributed by atoms with Gasteiger partial charge in [0.2, 0.25) is 5.91 Å². The minimum atomic E-state index is -0.537. The third-order valence-electron chi connectivity index (χ3n) is 3.40. The summed E-state index contributed by atoms with van der Waals surface area (Å²) >= 11 is 5.03. The number of nitrogens with one attached hydrogen (secondary N) is 1. The zero-order chi connectivity index (χ0) is 14.3. The summed E-state index contributed by atoms with van der Waals surface area (Å²) in [5.41, 5.74) is 6.56. The number of thiocarbonyl (C=S) groups is 1. The van der Waals surface area contributed by atoms with Gasteiger partial charge in [0, 0.05) is 6.54 Å². The Kier molecular flexibility index (Phi) is 6.50. The molecule has 0 radical (unpaired) electrons. The Balaban J connectivity index is 2.73. The highest BCUT2D eigenvalue weighted by atomic mass is 32.1. The van der Waals surface area contributed by atoms with Crippen molar-refractivity contribution in [1.82, 2.24) is 5.32 Å². The van der Waals surface area contributed by atoms with Gasteiger partial charge in [-0.2, -0.15) is 0 Å². The molecular weight excluding hydrogens is 256 g/mol. The summed E-state index contributed by atoms with van der Waals surface area (Å²) in [5.74, 6) is -0.136. The molecule has 0 saturated heterocycles. The van der Waals surface area contributed by atoms with Crippen molar-refractivity contribution >= 4 is 23.1 Å². The van der Waals surface area contributed by atoms with Crippen LogP contribution in [0.5, 0.6) is 0 Å². The number of carbonyl (C=O) groups excluding carboxylic acids is 1. The number of benzene rings is 1. The highest BCUT2D eigenvalue weighted by Gasteiger charge is 2.23. The molecule has 3 N–H and O–H groups in total. The number of hydrogen-bond acceptors (Lipinski definition) is 2. The number of rotatable bonds is 7. The van der Waals surface area contributed by atoms with Gasteiger partial charge in [0.15, 0.2) is 0 Å². The zero-order valence-electron chi connectivity index (χ0n) is 11.6. The van der Waals surface area contributed by atoms with Crippen LogP contribution in [0.1, 0.15) is 38.2 Å². The van der Waals surface area contributed by atoms with Crippen molar-refractivity contribution in [2.45, 2.75) is 32.6 Å². The maximum absolute atomic E-state index is 12.2. The predicted molar refractivity (Wildman–Crippen MR) is 83.1 cm³/mol. The van der Waals surface area contributed by atoms with E-state index in [1.54, 1.807) is 0 Å². The molecule has 0 heterocycles. The molecule has 3 nitrogen and oxygen atoms in total. The Bertz CT molecular complexity index is 415. The molecule has 1 atom stereocenters. The molecule has 0 aliphatic heterocycles. The molecule has 1 unspecified atom stereocenters. The number of amides is 1. The predicted octanol–water partition coefficient (Wildman–Crippen LogP) is 2.61. The van der Waals surface area contributed by atoms with Crippen molar-refractivity contribution in [2.24, 2.45) is 11.7 Å². The molecule has 0 aromatic heterocycles. The van der Waals surface area contributed by atoms with Crippen LogP contribution in [0.25, 0.3) is 0 Å². The summed E-state index contributed by atoms with van der Waals surface area (Å²) in [4.78, 5) is 12.5. The highest BCUT2D eigenvalue weighted by Crippen LogP contribution is 2.16. The van der Waals surface area contributed by atoms with Gasteiger partial charge in [-0.15, -0.1) is 0 Å². The molecule has 1 aromatic carbocycles. The maximum Gasteiger partial charge on any atom is 0.234 e. The molecule has 0 spiro atoms. The van der Waals surface area contributed by atoms with E-state index in [1.807, 2.05) is 30.3 Å². The molecule has 0 aliphatic rings. The molecule has 1 aromatic rings. The first kappa shape index (κ1) is 15.6. The van der Waals surface area contributed by atoms with Gasteiger partial charge in [-0.3, -0.25) is 4.79 Å². The van der Waals surface area contributed by atoms with Crippen LogP contribution in [-0.4, -0.2) is 17.4 Å². The molecule has 4 heteroatoms. The van der Waals surface area contributed by atoms with Crippen molar-refractivity contribution in [3.8, 4) is 0 Å². The van der Waals surface area contributed by atoms with Crippen LogP contribution < -0.4 is 11.1 Å². The molecule has 0 bridgehead atoms. The quantitative estimate of drug-likeness (QED) is 0.754. The van der Waals surface area contributed by atoms with Crippen LogP contribution in [0.2, 0.25) is 0 Å². The summed E-state index contributed by atoms with van der Waals surface area (Å²) < 4.78 is 0. The molecule has 0 fully saturated rings. The monoisotopic (exact) mass is 278 g/mol. The summed E-state index contributed by atoms with van der Waals surface area (Å²) in [6.07, 6.45) is 2.11. The average Bonchev–Trinajstić information content (AvgIpc) is 2.41. The van der Waals surface area contributed by atoms with Crippen molar-refractivity contribution in [3.63, 3.8) is 0 Å². The van der Waals surface area contributed by atoms with Crippen LogP contribution in [0.3, 0.4) is 0 Å². The first-order valence-electron chi connectivity index (χ1n) is 6.72. The van der Waals surface area contributed by atoms with Crippen molar-refractivity contribution < 1.29 is 4.79 Å². The average molecular weight is 278 g/mol. The second kappa shape index (κ2) is 7.89. The third kappa shape index (κ3) is 4.63. The standard InChI is InChI=1S/C15H22N2OS/c1-3-11(4-2)10-17-15(18)13(14(16)19)12-8-6-5-7-9-12/h5-9,11,13H,3-4,10H2,1-2H3,(H2,16,19)(H,17,18). The lowest BCUT2D eigenvalue weighted by Crippen LogP contribution is -2.38. The fraction of sp³-hybridized carbons (Fsp3) is 0.467. The van der Waals surface area contributed by atoms with Gasteiger partial charge in [-0.25, -0.2) is 0 Å². The Hall–Kier alpha value is -1.42. The normalized spacial score (nSPS) is 12.2. The van der Waals surface area contributed by atoms with E-state index < -0.39 is 5.92 Å². The first-order chi connectivity index (χ1) is 9.10. The summed E-state index contributed by atoms with van der Waals surface area (Å²) in [5, 5.41) is 2.96. The Morgan fingerprint density at radius 1 is 1.26 bits per heavy atom. The smallest absolute Gasteiger partial charge is 0.234 e. The van der Waals surface area contributed by atoms with Gasteiger partial charge < -0.3 is 11.1 Å². The lowest BCUT2D eigenvalue weighted by Gasteiger charge is -2.18. The van der Waals surface area contributed by atoms with E-state index in [-0.39, 0.29) is 10.9 Å². The minimum absolute atomic E-state index is 0.106. The molecule has 104 valence electrons. The Morgan fingerprint density at radius 2 is 1.84 bits per heavy atom. The van der Waals surface area contributed by atoms with Crippen molar-refractivity contribution in [3.05, 3.63) is 35.9 Å². The summed E-state index contributed by atoms with van der Waals surface area (Å²) in [6.45, 7) is 4.93. The fourth-order valence-electron chi connectivity index (χ4n) is 2.01. The van der Waals surface area contributed by atoms with Gasteiger partial charge >= 0.3 is 0 Å².